The summed E-state index contributed by atoms with van der Waals surface area (Å²) in [6.45, 7) is 7.33. The van der Waals surface area contributed by atoms with Crippen LogP contribution in [0.3, 0.4) is 0 Å². The van der Waals surface area contributed by atoms with E-state index in [9.17, 15) is 9.13 Å². The maximum absolute atomic E-state index is 13.5. The van der Waals surface area contributed by atoms with Crippen molar-refractivity contribution < 1.29 is 27.2 Å². The average molecular weight is 419 g/mol. The second kappa shape index (κ2) is 11.6. The van der Waals surface area contributed by atoms with E-state index in [1.54, 1.807) is 52.0 Å². The fourth-order valence-corrected chi connectivity index (χ4v) is 7.94. The van der Waals surface area contributed by atoms with Gasteiger partial charge in [-0.25, -0.2) is 0 Å². The van der Waals surface area contributed by atoms with Crippen molar-refractivity contribution in [1.82, 2.24) is 0 Å². The molecule has 0 spiro atoms. The number of rotatable bonds is 13. The van der Waals surface area contributed by atoms with Crippen LogP contribution in [0.2, 0.25) is 0 Å². The zero-order valence-corrected chi connectivity index (χ0v) is 17.9. The minimum absolute atomic E-state index is 0.112. The Morgan fingerprint density at radius 3 is 1.63 bits per heavy atom. The van der Waals surface area contributed by atoms with Crippen LogP contribution in [0.1, 0.15) is 44.2 Å². The molecule has 0 atom stereocenters. The topological polar surface area (TPSA) is 120 Å². The van der Waals surface area contributed by atoms with Crippen LogP contribution in [0.4, 0.5) is 0 Å². The van der Waals surface area contributed by atoms with Crippen LogP contribution in [0.25, 0.3) is 10.4 Å². The Bertz CT molecular complexity index is 671. The summed E-state index contributed by atoms with van der Waals surface area (Å²) < 4.78 is 48.9. The molecular weight excluding hydrogens is 392 g/mol. The van der Waals surface area contributed by atoms with Gasteiger partial charge in [0.05, 0.1) is 33.0 Å². The van der Waals surface area contributed by atoms with E-state index < -0.39 is 20.6 Å². The van der Waals surface area contributed by atoms with Gasteiger partial charge in [-0.15, -0.1) is 0 Å². The van der Waals surface area contributed by atoms with Crippen molar-refractivity contribution in [2.45, 2.75) is 39.6 Å². The average Bonchev–Trinajstić information content (AvgIpc) is 2.62. The predicted molar refractivity (Wildman–Crippen MR) is 104 cm³/mol. The highest BCUT2D eigenvalue weighted by molar-refractivity contribution is 7.72. The first-order valence-corrected chi connectivity index (χ1v) is 12.0. The Balaban J connectivity index is 3.50. The molecule has 9 nitrogen and oxygen atoms in total. The Morgan fingerprint density at radius 2 is 1.30 bits per heavy atom. The summed E-state index contributed by atoms with van der Waals surface area (Å²) >= 11 is 0. The number of nitrogens with zero attached hydrogens (tertiary/aromatic N) is 3. The molecule has 0 aliphatic heterocycles. The molecule has 27 heavy (non-hydrogen) atoms. The molecule has 11 heteroatoms. The third-order valence-electron chi connectivity index (χ3n) is 3.43. The molecule has 0 bridgehead atoms. The van der Waals surface area contributed by atoms with Crippen molar-refractivity contribution in [3.8, 4) is 0 Å². The minimum atomic E-state index is -3.86. The summed E-state index contributed by atoms with van der Waals surface area (Å²) in [7, 11) is -7.73. The van der Waals surface area contributed by atoms with Gasteiger partial charge in [0, 0.05) is 4.91 Å². The molecule has 0 aromatic heterocycles. The van der Waals surface area contributed by atoms with Gasteiger partial charge in [0.1, 0.15) is 0 Å². The van der Waals surface area contributed by atoms with E-state index in [1.807, 2.05) is 0 Å². The molecule has 0 saturated carbocycles. The first kappa shape index (κ1) is 23.9. The Labute approximate surface area is 160 Å². The number of hydrogen-bond donors (Lipinski definition) is 0. The van der Waals surface area contributed by atoms with E-state index in [2.05, 4.69) is 10.0 Å². The van der Waals surface area contributed by atoms with Gasteiger partial charge in [-0.05, 0) is 44.4 Å². The molecule has 0 N–H and O–H groups in total. The highest BCUT2D eigenvalue weighted by Gasteiger charge is 2.51. The summed E-state index contributed by atoms with van der Waals surface area (Å²) in [5.41, 5.74) is 9.63. The van der Waals surface area contributed by atoms with Crippen molar-refractivity contribution in [3.05, 3.63) is 45.8 Å². The third kappa shape index (κ3) is 6.44. The number of azide groups is 1. The third-order valence-corrected chi connectivity index (χ3v) is 9.39. The zero-order valence-electron chi connectivity index (χ0n) is 16.1. The van der Waals surface area contributed by atoms with Crippen LogP contribution in [-0.2, 0) is 33.8 Å². The van der Waals surface area contributed by atoms with Crippen LogP contribution in [0.15, 0.2) is 29.4 Å². The monoisotopic (exact) mass is 419 g/mol. The van der Waals surface area contributed by atoms with Crippen LogP contribution in [0.5, 0.6) is 0 Å². The second-order valence-corrected chi connectivity index (χ2v) is 9.89. The van der Waals surface area contributed by atoms with Gasteiger partial charge in [-0.1, -0.05) is 29.4 Å². The number of benzene rings is 1. The van der Waals surface area contributed by atoms with E-state index in [0.717, 1.165) is 5.56 Å². The van der Waals surface area contributed by atoms with Crippen molar-refractivity contribution in [2.75, 3.05) is 26.4 Å². The normalized spacial score (nSPS) is 12.2. The van der Waals surface area contributed by atoms with Gasteiger partial charge in [-0.3, -0.25) is 9.13 Å². The fourth-order valence-electron chi connectivity index (χ4n) is 2.52. The molecular formula is C16H27N3O6P2. The molecule has 1 aromatic carbocycles. The Kier molecular flexibility index (Phi) is 10.3. The zero-order chi connectivity index (χ0) is 20.3. The smallest absolute Gasteiger partial charge is 0.308 e. The fraction of sp³-hybridized carbons (Fsp3) is 0.625. The van der Waals surface area contributed by atoms with E-state index in [1.165, 1.54) is 0 Å². The van der Waals surface area contributed by atoms with Crippen molar-refractivity contribution in [1.29, 1.82) is 0 Å². The highest BCUT2D eigenvalue weighted by atomic mass is 31.2. The van der Waals surface area contributed by atoms with Gasteiger partial charge in [0.15, 0.2) is 5.40 Å². The standard InChI is InChI=1S/C16H27N3O6P2/c1-5-22-26(20,23-6-2)16(27(21,24-7-3)25-8-4)15-11-9-14(10-12-15)13-18-19-17/h9-12,16H,5-8,13H2,1-4H3. The van der Waals surface area contributed by atoms with Gasteiger partial charge < -0.3 is 18.1 Å². The maximum Gasteiger partial charge on any atom is 0.350 e. The molecule has 0 saturated heterocycles. The lowest BCUT2D eigenvalue weighted by molar-refractivity contribution is 0.195. The van der Waals surface area contributed by atoms with E-state index in [-0.39, 0.29) is 33.0 Å². The molecule has 0 fully saturated rings. The SMILES string of the molecule is CCOP(=O)(OCC)C(c1ccc(CN=[N+]=[N-])cc1)P(=O)(OCC)OCC. The molecule has 0 heterocycles. The lowest BCUT2D eigenvalue weighted by atomic mass is 10.1. The van der Waals surface area contributed by atoms with Gasteiger partial charge in [0.25, 0.3) is 0 Å². The summed E-state index contributed by atoms with van der Waals surface area (Å²) in [6, 6.07) is 6.67. The first-order valence-electron chi connectivity index (χ1n) is 8.77. The van der Waals surface area contributed by atoms with Crippen molar-refractivity contribution in [2.24, 2.45) is 5.11 Å². The summed E-state index contributed by atoms with van der Waals surface area (Å²) in [5.74, 6) is 0. The predicted octanol–water partition coefficient (Wildman–Crippen LogP) is 6.03. The second-order valence-electron chi connectivity index (χ2n) is 5.25. The van der Waals surface area contributed by atoms with Crippen LogP contribution in [0, 0.1) is 0 Å². The summed E-state index contributed by atoms with van der Waals surface area (Å²) in [5, 5.41) is 2.28. The molecule has 1 aromatic rings. The van der Waals surface area contributed by atoms with E-state index >= 15 is 0 Å². The molecule has 0 amide bonds. The lowest BCUT2D eigenvalue weighted by Crippen LogP contribution is -2.12. The van der Waals surface area contributed by atoms with Gasteiger partial charge in [-0.2, -0.15) is 0 Å². The first-order chi connectivity index (χ1) is 12.9. The molecule has 0 aliphatic carbocycles. The number of hydrogen-bond acceptors (Lipinski definition) is 7. The largest absolute Gasteiger partial charge is 0.350 e. The Hall–Kier alpha value is -1.17. The molecule has 152 valence electrons. The summed E-state index contributed by atoms with van der Waals surface area (Å²) in [6.07, 6.45) is 0. The van der Waals surface area contributed by atoms with E-state index in [0.29, 0.717) is 5.56 Å². The lowest BCUT2D eigenvalue weighted by Gasteiger charge is -2.31. The Morgan fingerprint density at radius 1 is 0.889 bits per heavy atom. The van der Waals surface area contributed by atoms with Crippen LogP contribution >= 0.6 is 15.2 Å². The van der Waals surface area contributed by atoms with Crippen LogP contribution in [-0.4, -0.2) is 26.4 Å². The molecule has 1 rings (SSSR count). The summed E-state index contributed by atoms with van der Waals surface area (Å²) in [4.78, 5) is 2.72. The quantitative estimate of drug-likeness (QED) is 0.167. The van der Waals surface area contributed by atoms with Crippen LogP contribution < -0.4 is 0 Å². The maximum atomic E-state index is 13.5. The highest BCUT2D eigenvalue weighted by Crippen LogP contribution is 2.78. The van der Waals surface area contributed by atoms with E-state index in [4.69, 9.17) is 23.6 Å². The van der Waals surface area contributed by atoms with Gasteiger partial charge in [0.2, 0.25) is 0 Å². The molecule has 0 radical (unpaired) electrons. The minimum Gasteiger partial charge on any atom is -0.308 e. The van der Waals surface area contributed by atoms with Gasteiger partial charge >= 0.3 is 15.2 Å². The van der Waals surface area contributed by atoms with Crippen molar-refractivity contribution >= 4 is 15.2 Å². The molecule has 0 unspecified atom stereocenters. The van der Waals surface area contributed by atoms with Crippen molar-refractivity contribution in [3.63, 3.8) is 0 Å². The molecule has 0 aliphatic rings.